The van der Waals surface area contributed by atoms with Gasteiger partial charge in [0.15, 0.2) is 0 Å². The second-order valence-corrected chi connectivity index (χ2v) is 4.27. The van der Waals surface area contributed by atoms with Crippen LogP contribution in [0.5, 0.6) is 5.75 Å². The molecule has 2 rings (SSSR count). The Labute approximate surface area is 122 Å². The van der Waals surface area contributed by atoms with Crippen LogP contribution in [0.3, 0.4) is 0 Å². The van der Waals surface area contributed by atoms with Crippen molar-refractivity contribution in [3.63, 3.8) is 0 Å². The molecule has 0 radical (unpaired) electrons. The maximum atomic E-state index is 13.7. The fourth-order valence-corrected chi connectivity index (χ4v) is 1.94. The molecule has 5 heteroatoms. The molecule has 0 aromatic heterocycles. The number of halogens is 1. The third-order valence-electron chi connectivity index (χ3n) is 3.00. The van der Waals surface area contributed by atoms with Crippen LogP contribution in [0.2, 0.25) is 0 Å². The summed E-state index contributed by atoms with van der Waals surface area (Å²) < 4.78 is 18.9. The van der Waals surface area contributed by atoms with Gasteiger partial charge in [0.2, 0.25) is 0 Å². The van der Waals surface area contributed by atoms with E-state index < -0.39 is 5.82 Å². The Kier molecular flexibility index (Phi) is 4.38. The van der Waals surface area contributed by atoms with Gasteiger partial charge >= 0.3 is 0 Å². The van der Waals surface area contributed by atoms with Crippen molar-refractivity contribution in [1.82, 2.24) is 0 Å². The molecular weight excluding hydrogens is 269 g/mol. The number of methoxy groups -OCH3 is 1. The third-order valence-corrected chi connectivity index (χ3v) is 3.00. The number of hydrogen-bond acceptors (Lipinski definition) is 4. The molecule has 21 heavy (non-hydrogen) atoms. The van der Waals surface area contributed by atoms with Crippen molar-refractivity contribution < 1.29 is 9.13 Å². The fraction of sp³-hybridized carbons (Fsp3) is 0.125. The first-order chi connectivity index (χ1) is 10.2. The molecule has 0 amide bonds. The van der Waals surface area contributed by atoms with Crippen molar-refractivity contribution in [2.75, 3.05) is 12.4 Å². The van der Waals surface area contributed by atoms with Gasteiger partial charge in [0, 0.05) is 12.1 Å². The zero-order valence-corrected chi connectivity index (χ0v) is 11.4. The summed E-state index contributed by atoms with van der Waals surface area (Å²) in [6.07, 6.45) is 0. The van der Waals surface area contributed by atoms with Gasteiger partial charge in [-0.25, -0.2) is 4.39 Å². The topological polar surface area (TPSA) is 68.8 Å². The summed E-state index contributed by atoms with van der Waals surface area (Å²) in [5.74, 6) is 0.0980. The van der Waals surface area contributed by atoms with Gasteiger partial charge in [0.1, 0.15) is 17.6 Å². The van der Waals surface area contributed by atoms with Gasteiger partial charge in [-0.15, -0.1) is 0 Å². The lowest BCUT2D eigenvalue weighted by Gasteiger charge is -2.13. The van der Waals surface area contributed by atoms with E-state index >= 15 is 0 Å². The second kappa shape index (κ2) is 6.40. The number of para-hydroxylation sites is 1. The molecule has 0 saturated carbocycles. The Hall–Kier alpha value is -3.05. The number of ether oxygens (including phenoxy) is 1. The summed E-state index contributed by atoms with van der Waals surface area (Å²) in [7, 11) is 1.50. The highest BCUT2D eigenvalue weighted by Gasteiger charge is 2.10. The predicted octanol–water partition coefficient (Wildman–Crippen LogP) is 3.19. The monoisotopic (exact) mass is 281 g/mol. The third kappa shape index (κ3) is 3.10. The summed E-state index contributed by atoms with van der Waals surface area (Å²) in [5.41, 5.74) is 1.65. The van der Waals surface area contributed by atoms with Gasteiger partial charge < -0.3 is 10.1 Å². The zero-order chi connectivity index (χ0) is 15.2. The minimum atomic E-state index is -0.407. The van der Waals surface area contributed by atoms with Crippen LogP contribution in [0.1, 0.15) is 16.7 Å². The average Bonchev–Trinajstić information content (AvgIpc) is 2.53. The van der Waals surface area contributed by atoms with Crippen molar-refractivity contribution in [3.05, 3.63) is 58.9 Å². The molecular formula is C16H12FN3O. The van der Waals surface area contributed by atoms with Gasteiger partial charge in [-0.3, -0.25) is 0 Å². The number of anilines is 1. The molecule has 0 spiro atoms. The summed E-state index contributed by atoms with van der Waals surface area (Å²) >= 11 is 0. The molecule has 0 heterocycles. The average molecular weight is 281 g/mol. The fourth-order valence-electron chi connectivity index (χ4n) is 1.94. The van der Waals surface area contributed by atoms with Gasteiger partial charge in [-0.2, -0.15) is 10.5 Å². The minimum Gasteiger partial charge on any atom is -0.495 e. The van der Waals surface area contributed by atoms with E-state index in [1.165, 1.54) is 25.3 Å². The SMILES string of the molecule is COc1cccc(C#N)c1NCc1cc(C#N)ccc1F. The summed E-state index contributed by atoms with van der Waals surface area (Å²) in [4.78, 5) is 0. The van der Waals surface area contributed by atoms with Crippen LogP contribution in [0, 0.1) is 28.5 Å². The zero-order valence-electron chi connectivity index (χ0n) is 11.4. The van der Waals surface area contributed by atoms with Gasteiger partial charge in [-0.1, -0.05) is 6.07 Å². The first-order valence-electron chi connectivity index (χ1n) is 6.19. The molecule has 0 atom stereocenters. The van der Waals surface area contributed by atoms with Crippen LogP contribution in [-0.4, -0.2) is 7.11 Å². The standard InChI is InChI=1S/C16H12FN3O/c1-21-15-4-2-3-12(9-19)16(15)20-10-13-7-11(8-18)5-6-14(13)17/h2-7,20H,10H2,1H3. The number of nitrogens with zero attached hydrogens (tertiary/aromatic N) is 2. The van der Waals surface area contributed by atoms with E-state index in [1.54, 1.807) is 18.2 Å². The molecule has 0 aliphatic rings. The number of benzene rings is 2. The highest BCUT2D eigenvalue weighted by molar-refractivity contribution is 5.66. The Morgan fingerprint density at radius 1 is 1.19 bits per heavy atom. The number of nitrogens with one attached hydrogen (secondary N) is 1. The Morgan fingerprint density at radius 3 is 2.67 bits per heavy atom. The molecule has 0 unspecified atom stereocenters. The largest absolute Gasteiger partial charge is 0.495 e. The van der Waals surface area contributed by atoms with E-state index in [1.807, 2.05) is 6.07 Å². The number of rotatable bonds is 4. The van der Waals surface area contributed by atoms with Crippen LogP contribution in [0.4, 0.5) is 10.1 Å². The lowest BCUT2D eigenvalue weighted by atomic mass is 10.1. The van der Waals surface area contributed by atoms with E-state index in [2.05, 4.69) is 11.4 Å². The smallest absolute Gasteiger partial charge is 0.143 e. The molecule has 1 N–H and O–H groups in total. The summed E-state index contributed by atoms with van der Waals surface area (Å²) in [6.45, 7) is 0.149. The molecule has 0 bridgehead atoms. The predicted molar refractivity (Wildman–Crippen MR) is 76.2 cm³/mol. The Balaban J connectivity index is 2.29. The number of nitriles is 2. The normalized spacial score (nSPS) is 9.52. The molecule has 0 aliphatic heterocycles. The minimum absolute atomic E-state index is 0.149. The highest BCUT2D eigenvalue weighted by atomic mass is 19.1. The highest BCUT2D eigenvalue weighted by Crippen LogP contribution is 2.28. The van der Waals surface area contributed by atoms with Gasteiger partial charge in [0.05, 0.1) is 30.0 Å². The Morgan fingerprint density at radius 2 is 2.00 bits per heavy atom. The lowest BCUT2D eigenvalue weighted by Crippen LogP contribution is -2.05. The van der Waals surface area contributed by atoms with Crippen molar-refractivity contribution >= 4 is 5.69 Å². The van der Waals surface area contributed by atoms with E-state index in [0.717, 1.165) is 0 Å². The van der Waals surface area contributed by atoms with Crippen LogP contribution in [-0.2, 0) is 6.54 Å². The summed E-state index contributed by atoms with van der Waals surface area (Å²) in [5, 5.41) is 21.0. The molecule has 0 aliphatic carbocycles. The molecule has 2 aromatic carbocycles. The van der Waals surface area contributed by atoms with E-state index in [4.69, 9.17) is 15.3 Å². The molecule has 104 valence electrons. The van der Waals surface area contributed by atoms with Crippen molar-refractivity contribution in [2.24, 2.45) is 0 Å². The van der Waals surface area contributed by atoms with Crippen LogP contribution >= 0.6 is 0 Å². The Bertz CT molecular complexity index is 744. The van der Waals surface area contributed by atoms with Crippen molar-refractivity contribution in [2.45, 2.75) is 6.54 Å². The maximum Gasteiger partial charge on any atom is 0.143 e. The van der Waals surface area contributed by atoms with Crippen LogP contribution in [0.25, 0.3) is 0 Å². The maximum absolute atomic E-state index is 13.7. The van der Waals surface area contributed by atoms with Crippen molar-refractivity contribution in [1.29, 1.82) is 10.5 Å². The first kappa shape index (κ1) is 14.4. The van der Waals surface area contributed by atoms with Crippen molar-refractivity contribution in [3.8, 4) is 17.9 Å². The molecule has 0 fully saturated rings. The molecule has 4 nitrogen and oxygen atoms in total. The quantitative estimate of drug-likeness (QED) is 0.934. The first-order valence-corrected chi connectivity index (χ1v) is 6.19. The molecule has 0 saturated heterocycles. The number of hydrogen-bond donors (Lipinski definition) is 1. The molecule has 2 aromatic rings. The van der Waals surface area contributed by atoms with E-state index in [0.29, 0.717) is 28.1 Å². The van der Waals surface area contributed by atoms with Gasteiger partial charge in [0.25, 0.3) is 0 Å². The second-order valence-electron chi connectivity index (χ2n) is 4.27. The van der Waals surface area contributed by atoms with Crippen LogP contribution < -0.4 is 10.1 Å². The van der Waals surface area contributed by atoms with E-state index in [9.17, 15) is 4.39 Å². The lowest BCUT2D eigenvalue weighted by molar-refractivity contribution is 0.416. The summed E-state index contributed by atoms with van der Waals surface area (Å²) in [6, 6.07) is 13.2. The van der Waals surface area contributed by atoms with Crippen LogP contribution in [0.15, 0.2) is 36.4 Å². The van der Waals surface area contributed by atoms with E-state index in [-0.39, 0.29) is 6.54 Å². The van der Waals surface area contributed by atoms with Gasteiger partial charge in [-0.05, 0) is 30.3 Å².